The number of carbonyl (C=O) groups is 2. The van der Waals surface area contributed by atoms with Gasteiger partial charge < -0.3 is 10.6 Å². The van der Waals surface area contributed by atoms with Crippen molar-refractivity contribution < 1.29 is 18.0 Å². The summed E-state index contributed by atoms with van der Waals surface area (Å²) in [5.41, 5.74) is 1.26. The van der Waals surface area contributed by atoms with Crippen LogP contribution >= 0.6 is 11.6 Å². The summed E-state index contributed by atoms with van der Waals surface area (Å²) in [6.07, 6.45) is 0.667. The first-order valence-electron chi connectivity index (χ1n) is 6.45. The van der Waals surface area contributed by atoms with Crippen molar-refractivity contribution in [1.82, 2.24) is 10.0 Å². The minimum atomic E-state index is -3.29. The van der Waals surface area contributed by atoms with E-state index in [1.807, 2.05) is 0 Å². The van der Waals surface area contributed by atoms with Crippen molar-refractivity contribution in [3.05, 3.63) is 28.8 Å². The summed E-state index contributed by atoms with van der Waals surface area (Å²) in [5, 5.41) is 5.57. The van der Waals surface area contributed by atoms with Gasteiger partial charge in [0.25, 0.3) is 0 Å². The average molecular weight is 348 g/mol. The third-order valence-electron chi connectivity index (χ3n) is 2.67. The lowest BCUT2D eigenvalue weighted by molar-refractivity contribution is -0.126. The Morgan fingerprint density at radius 2 is 1.86 bits per heavy atom. The van der Waals surface area contributed by atoms with Gasteiger partial charge in [0.15, 0.2) is 0 Å². The molecular weight excluding hydrogens is 330 g/mol. The first kappa shape index (κ1) is 18.4. The Hall–Kier alpha value is -1.64. The summed E-state index contributed by atoms with van der Waals surface area (Å²) in [5.74, 6) is -0.966. The van der Waals surface area contributed by atoms with E-state index in [4.69, 9.17) is 11.6 Å². The Balaban J connectivity index is 2.38. The van der Waals surface area contributed by atoms with Crippen LogP contribution in [0.5, 0.6) is 0 Å². The van der Waals surface area contributed by atoms with E-state index in [1.165, 1.54) is 0 Å². The number of rotatable bonds is 7. The molecule has 2 amide bonds. The van der Waals surface area contributed by atoms with E-state index in [1.54, 1.807) is 25.1 Å². The molecule has 3 N–H and O–H groups in total. The average Bonchev–Trinajstić information content (AvgIpc) is 2.39. The molecule has 0 aliphatic rings. The number of benzene rings is 1. The van der Waals surface area contributed by atoms with Crippen LogP contribution in [0.2, 0.25) is 5.02 Å². The van der Waals surface area contributed by atoms with E-state index in [-0.39, 0.29) is 19.5 Å². The predicted octanol–water partition coefficient (Wildman–Crippen LogP) is 0.642. The zero-order valence-electron chi connectivity index (χ0n) is 12.3. The van der Waals surface area contributed by atoms with Crippen LogP contribution in [0.3, 0.4) is 0 Å². The second kappa shape index (κ2) is 8.11. The van der Waals surface area contributed by atoms with Crippen LogP contribution in [-0.2, 0) is 19.6 Å². The van der Waals surface area contributed by atoms with Crippen LogP contribution < -0.4 is 15.4 Å². The molecule has 0 unspecified atom stereocenters. The van der Waals surface area contributed by atoms with Crippen molar-refractivity contribution in [3.63, 3.8) is 0 Å². The lowest BCUT2D eigenvalue weighted by Gasteiger charge is -2.10. The van der Waals surface area contributed by atoms with Crippen LogP contribution in [0.15, 0.2) is 18.2 Å². The summed E-state index contributed by atoms with van der Waals surface area (Å²) < 4.78 is 23.9. The first-order chi connectivity index (χ1) is 10.2. The molecule has 0 aliphatic carbocycles. The minimum absolute atomic E-state index is 0.0690. The molecule has 0 atom stereocenters. The molecule has 7 nitrogen and oxygen atoms in total. The van der Waals surface area contributed by atoms with E-state index in [9.17, 15) is 18.0 Å². The van der Waals surface area contributed by atoms with Gasteiger partial charge in [-0.05, 0) is 24.6 Å². The molecule has 1 rings (SSSR count). The van der Waals surface area contributed by atoms with E-state index >= 15 is 0 Å². The van der Waals surface area contributed by atoms with Gasteiger partial charge in [0.2, 0.25) is 21.8 Å². The largest absolute Gasteiger partial charge is 0.354 e. The molecule has 0 fully saturated rings. The van der Waals surface area contributed by atoms with Crippen LogP contribution in [0.1, 0.15) is 12.0 Å². The molecule has 0 bridgehead atoms. The number of carbonyl (C=O) groups excluding carboxylic acids is 2. The van der Waals surface area contributed by atoms with Crippen LogP contribution in [0.25, 0.3) is 0 Å². The van der Waals surface area contributed by atoms with Gasteiger partial charge in [0.05, 0.1) is 6.26 Å². The molecule has 0 radical (unpaired) electrons. The third kappa shape index (κ3) is 6.88. The van der Waals surface area contributed by atoms with E-state index < -0.39 is 21.8 Å². The standard InChI is InChI=1S/C13H18ClN3O4S/c1-9-10(14)4-3-5-11(9)17-13(19)8-12(18)15-6-7-16-22(2,20)21/h3-5,16H,6-8H2,1-2H3,(H,15,18)(H,17,19). The Labute approximate surface area is 134 Å². The van der Waals surface area contributed by atoms with Gasteiger partial charge in [-0.15, -0.1) is 0 Å². The summed E-state index contributed by atoms with van der Waals surface area (Å²) in [6.45, 7) is 1.93. The Kier molecular flexibility index (Phi) is 6.79. The summed E-state index contributed by atoms with van der Waals surface area (Å²) in [7, 11) is -3.29. The van der Waals surface area contributed by atoms with Crippen molar-refractivity contribution >= 4 is 39.1 Å². The highest BCUT2D eigenvalue weighted by atomic mass is 35.5. The van der Waals surface area contributed by atoms with Crippen molar-refractivity contribution in [2.45, 2.75) is 13.3 Å². The fourth-order valence-corrected chi connectivity index (χ4v) is 2.23. The smallest absolute Gasteiger partial charge is 0.233 e. The second-order valence-corrected chi connectivity index (χ2v) is 6.89. The SMILES string of the molecule is Cc1c(Cl)cccc1NC(=O)CC(=O)NCCNS(C)(=O)=O. The molecule has 0 aliphatic heterocycles. The second-order valence-electron chi connectivity index (χ2n) is 4.65. The number of halogens is 1. The summed E-state index contributed by atoms with van der Waals surface area (Å²) in [6, 6.07) is 5.09. The van der Waals surface area contributed by atoms with E-state index in [2.05, 4.69) is 15.4 Å². The highest BCUT2D eigenvalue weighted by Crippen LogP contribution is 2.22. The maximum absolute atomic E-state index is 11.8. The molecule has 22 heavy (non-hydrogen) atoms. The molecule has 0 heterocycles. The zero-order chi connectivity index (χ0) is 16.8. The number of hydrogen-bond acceptors (Lipinski definition) is 4. The van der Waals surface area contributed by atoms with E-state index in [0.29, 0.717) is 10.7 Å². The molecule has 1 aromatic carbocycles. The fourth-order valence-electron chi connectivity index (χ4n) is 1.58. The van der Waals surface area contributed by atoms with Gasteiger partial charge in [0.1, 0.15) is 6.42 Å². The molecular formula is C13H18ClN3O4S. The monoisotopic (exact) mass is 347 g/mol. The predicted molar refractivity (Wildman–Crippen MR) is 85.3 cm³/mol. The molecule has 0 saturated carbocycles. The topological polar surface area (TPSA) is 104 Å². The molecule has 122 valence electrons. The van der Waals surface area contributed by atoms with Crippen molar-refractivity contribution in [3.8, 4) is 0 Å². The summed E-state index contributed by atoms with van der Waals surface area (Å²) in [4.78, 5) is 23.3. The highest BCUT2D eigenvalue weighted by Gasteiger charge is 2.11. The van der Waals surface area contributed by atoms with Gasteiger partial charge in [-0.1, -0.05) is 17.7 Å². The van der Waals surface area contributed by atoms with Crippen LogP contribution in [0.4, 0.5) is 5.69 Å². The Morgan fingerprint density at radius 1 is 1.18 bits per heavy atom. The Morgan fingerprint density at radius 3 is 2.50 bits per heavy atom. The minimum Gasteiger partial charge on any atom is -0.354 e. The number of sulfonamides is 1. The third-order valence-corrected chi connectivity index (χ3v) is 3.81. The van der Waals surface area contributed by atoms with Crippen molar-refractivity contribution in [1.29, 1.82) is 0 Å². The van der Waals surface area contributed by atoms with Gasteiger partial charge >= 0.3 is 0 Å². The normalized spacial score (nSPS) is 11.0. The lowest BCUT2D eigenvalue weighted by atomic mass is 10.2. The zero-order valence-corrected chi connectivity index (χ0v) is 13.8. The van der Waals surface area contributed by atoms with Gasteiger partial charge in [-0.25, -0.2) is 13.1 Å². The van der Waals surface area contributed by atoms with Crippen molar-refractivity contribution in [2.75, 3.05) is 24.7 Å². The number of amides is 2. The Bertz CT molecular complexity index is 661. The molecule has 9 heteroatoms. The molecule has 0 aromatic heterocycles. The molecule has 1 aromatic rings. The van der Waals surface area contributed by atoms with Gasteiger partial charge in [0, 0.05) is 23.8 Å². The number of anilines is 1. The number of nitrogens with one attached hydrogen (secondary N) is 3. The summed E-state index contributed by atoms with van der Waals surface area (Å²) >= 11 is 5.94. The maximum atomic E-state index is 11.8. The van der Waals surface area contributed by atoms with Crippen LogP contribution in [0, 0.1) is 6.92 Å². The lowest BCUT2D eigenvalue weighted by Crippen LogP contribution is -2.35. The van der Waals surface area contributed by atoms with Crippen LogP contribution in [-0.4, -0.2) is 39.6 Å². The van der Waals surface area contributed by atoms with Gasteiger partial charge in [-0.3, -0.25) is 9.59 Å². The fraction of sp³-hybridized carbons (Fsp3) is 0.385. The van der Waals surface area contributed by atoms with Gasteiger partial charge in [-0.2, -0.15) is 0 Å². The molecule has 0 spiro atoms. The molecule has 0 saturated heterocycles. The first-order valence-corrected chi connectivity index (χ1v) is 8.72. The maximum Gasteiger partial charge on any atom is 0.233 e. The highest BCUT2D eigenvalue weighted by molar-refractivity contribution is 7.88. The van der Waals surface area contributed by atoms with E-state index in [0.717, 1.165) is 11.8 Å². The van der Waals surface area contributed by atoms with Crippen molar-refractivity contribution in [2.24, 2.45) is 0 Å². The quantitative estimate of drug-likeness (QED) is 0.497. The number of hydrogen-bond donors (Lipinski definition) is 3.